The number of furan rings is 1. The van der Waals surface area contributed by atoms with E-state index < -0.39 is 0 Å². The van der Waals surface area contributed by atoms with Crippen molar-refractivity contribution in [2.24, 2.45) is 0 Å². The van der Waals surface area contributed by atoms with Crippen LogP contribution in [0.3, 0.4) is 0 Å². The first kappa shape index (κ1) is 18.6. The van der Waals surface area contributed by atoms with Crippen LogP contribution in [0, 0.1) is 6.92 Å². The topological polar surface area (TPSA) is 80.5 Å². The quantitative estimate of drug-likeness (QED) is 0.563. The molecule has 7 nitrogen and oxygen atoms in total. The molecule has 0 saturated carbocycles. The number of aromatic nitrogens is 2. The highest BCUT2D eigenvalue weighted by Crippen LogP contribution is 2.33. The Balaban J connectivity index is 1.53. The van der Waals surface area contributed by atoms with E-state index in [1.165, 1.54) is 5.56 Å². The molecule has 1 fully saturated rings. The van der Waals surface area contributed by atoms with E-state index in [0.29, 0.717) is 49.8 Å². The molecule has 2 aromatic carbocycles. The van der Waals surface area contributed by atoms with Crippen molar-refractivity contribution < 1.29 is 13.9 Å². The Morgan fingerprint density at radius 3 is 2.63 bits per heavy atom. The molecule has 0 bridgehead atoms. The number of amides is 1. The lowest BCUT2D eigenvalue weighted by atomic mass is 10.1. The summed E-state index contributed by atoms with van der Waals surface area (Å²) in [5.74, 6) is 0.472. The number of para-hydroxylation sites is 1. The average Bonchev–Trinajstić information content (AvgIpc) is 3.17. The summed E-state index contributed by atoms with van der Waals surface area (Å²) in [4.78, 5) is 24.2. The smallest absolute Gasteiger partial charge is 0.289 e. The summed E-state index contributed by atoms with van der Waals surface area (Å²) in [5, 5.41) is 3.80. The number of carbonyl (C=O) groups is 1. The monoisotopic (exact) mass is 402 g/mol. The molecule has 152 valence electrons. The number of anilines is 1. The second-order valence-corrected chi connectivity index (χ2v) is 7.41. The van der Waals surface area contributed by atoms with Crippen molar-refractivity contribution in [3.05, 3.63) is 65.5 Å². The lowest BCUT2D eigenvalue weighted by Gasteiger charge is -2.27. The molecule has 1 amide bonds. The lowest BCUT2D eigenvalue weighted by molar-refractivity contribution is 0.0940. The molecule has 0 unspecified atom stereocenters. The van der Waals surface area contributed by atoms with E-state index in [1.54, 1.807) is 0 Å². The normalized spacial score (nSPS) is 14.4. The molecule has 5 rings (SSSR count). The number of rotatable bonds is 4. The zero-order valence-corrected chi connectivity index (χ0v) is 16.7. The molecule has 0 atom stereocenters. The Morgan fingerprint density at radius 1 is 1.07 bits per heavy atom. The zero-order valence-electron chi connectivity index (χ0n) is 16.7. The van der Waals surface area contributed by atoms with Crippen LogP contribution in [0.25, 0.3) is 22.1 Å². The zero-order chi connectivity index (χ0) is 20.5. The van der Waals surface area contributed by atoms with Gasteiger partial charge in [0.15, 0.2) is 11.4 Å². The molecule has 1 aliphatic rings. The summed E-state index contributed by atoms with van der Waals surface area (Å²) in [5.41, 5.74) is 4.20. The van der Waals surface area contributed by atoms with Crippen LogP contribution < -0.4 is 10.2 Å². The van der Waals surface area contributed by atoms with Gasteiger partial charge in [0, 0.05) is 25.0 Å². The number of fused-ring (bicyclic) bond motifs is 3. The fourth-order valence-electron chi connectivity index (χ4n) is 3.63. The minimum Gasteiger partial charge on any atom is -0.450 e. The van der Waals surface area contributed by atoms with Gasteiger partial charge in [0.25, 0.3) is 5.91 Å². The van der Waals surface area contributed by atoms with Crippen molar-refractivity contribution in [3.63, 3.8) is 0 Å². The van der Waals surface area contributed by atoms with Crippen molar-refractivity contribution in [1.82, 2.24) is 15.3 Å². The summed E-state index contributed by atoms with van der Waals surface area (Å²) in [6.07, 6.45) is 0. The van der Waals surface area contributed by atoms with Crippen molar-refractivity contribution in [3.8, 4) is 0 Å². The summed E-state index contributed by atoms with van der Waals surface area (Å²) in [6.45, 7) is 5.05. The number of nitrogens with zero attached hydrogens (tertiary/aromatic N) is 3. The summed E-state index contributed by atoms with van der Waals surface area (Å²) < 4.78 is 11.5. The van der Waals surface area contributed by atoms with E-state index in [4.69, 9.17) is 9.15 Å². The number of benzene rings is 2. The molecule has 1 aliphatic heterocycles. The van der Waals surface area contributed by atoms with E-state index in [-0.39, 0.29) is 11.7 Å². The fraction of sp³-hybridized carbons (Fsp3) is 0.261. The van der Waals surface area contributed by atoms with Crippen LogP contribution in [0.1, 0.15) is 21.7 Å². The summed E-state index contributed by atoms with van der Waals surface area (Å²) in [6, 6.07) is 15.8. The van der Waals surface area contributed by atoms with Gasteiger partial charge in [-0.25, -0.2) is 9.97 Å². The number of morpholine rings is 1. The Hall–Kier alpha value is -3.45. The average molecular weight is 402 g/mol. The van der Waals surface area contributed by atoms with Gasteiger partial charge in [-0.05, 0) is 24.6 Å². The third kappa shape index (κ3) is 3.48. The van der Waals surface area contributed by atoms with E-state index in [0.717, 1.165) is 16.5 Å². The van der Waals surface area contributed by atoms with Gasteiger partial charge in [-0.15, -0.1) is 0 Å². The molecule has 4 aromatic rings. The highest BCUT2D eigenvalue weighted by Gasteiger charge is 2.23. The fourth-order valence-corrected chi connectivity index (χ4v) is 3.63. The van der Waals surface area contributed by atoms with Crippen LogP contribution in [-0.2, 0) is 11.3 Å². The summed E-state index contributed by atoms with van der Waals surface area (Å²) in [7, 11) is 0. The van der Waals surface area contributed by atoms with Crippen LogP contribution in [0.5, 0.6) is 0 Å². The van der Waals surface area contributed by atoms with Crippen molar-refractivity contribution in [2.75, 3.05) is 31.2 Å². The Morgan fingerprint density at radius 2 is 1.83 bits per heavy atom. The van der Waals surface area contributed by atoms with E-state index in [2.05, 4.69) is 20.2 Å². The van der Waals surface area contributed by atoms with E-state index in [9.17, 15) is 4.79 Å². The van der Waals surface area contributed by atoms with E-state index in [1.807, 2.05) is 55.5 Å². The van der Waals surface area contributed by atoms with Gasteiger partial charge in [-0.1, -0.05) is 42.0 Å². The molecule has 7 heteroatoms. The maximum Gasteiger partial charge on any atom is 0.289 e. The molecular formula is C23H22N4O3. The van der Waals surface area contributed by atoms with Crippen molar-refractivity contribution in [2.45, 2.75) is 13.5 Å². The first-order valence-corrected chi connectivity index (χ1v) is 10.0. The molecule has 2 aromatic heterocycles. The molecule has 0 aliphatic carbocycles. The highest BCUT2D eigenvalue weighted by molar-refractivity contribution is 6.07. The summed E-state index contributed by atoms with van der Waals surface area (Å²) >= 11 is 0. The standard InChI is InChI=1S/C23H22N4O3/c1-15-6-8-16(9-7-15)14-24-23(28)21-25-19-17-4-2-3-5-18(17)30-20(19)22(26-21)27-10-12-29-13-11-27/h2-9H,10-14H2,1H3,(H,24,28). The lowest BCUT2D eigenvalue weighted by Crippen LogP contribution is -2.37. The van der Waals surface area contributed by atoms with Crippen LogP contribution >= 0.6 is 0 Å². The van der Waals surface area contributed by atoms with Crippen molar-refractivity contribution >= 4 is 33.8 Å². The number of aryl methyl sites for hydroxylation is 1. The van der Waals surface area contributed by atoms with Crippen LogP contribution in [0.15, 0.2) is 52.9 Å². The van der Waals surface area contributed by atoms with Crippen LogP contribution in [-0.4, -0.2) is 42.2 Å². The molecule has 3 heterocycles. The van der Waals surface area contributed by atoms with Crippen molar-refractivity contribution in [1.29, 1.82) is 0 Å². The molecular weight excluding hydrogens is 380 g/mol. The molecule has 30 heavy (non-hydrogen) atoms. The minimum absolute atomic E-state index is 0.141. The number of nitrogens with one attached hydrogen (secondary N) is 1. The van der Waals surface area contributed by atoms with Gasteiger partial charge in [0.1, 0.15) is 11.1 Å². The first-order chi connectivity index (χ1) is 14.7. The van der Waals surface area contributed by atoms with Gasteiger partial charge in [0.05, 0.1) is 13.2 Å². The molecule has 0 radical (unpaired) electrons. The maximum absolute atomic E-state index is 12.9. The van der Waals surface area contributed by atoms with Crippen LogP contribution in [0.2, 0.25) is 0 Å². The number of hydrogen-bond acceptors (Lipinski definition) is 6. The van der Waals surface area contributed by atoms with Crippen LogP contribution in [0.4, 0.5) is 5.82 Å². The molecule has 0 spiro atoms. The second-order valence-electron chi connectivity index (χ2n) is 7.41. The second kappa shape index (κ2) is 7.76. The van der Waals surface area contributed by atoms with Gasteiger partial charge in [-0.2, -0.15) is 0 Å². The largest absolute Gasteiger partial charge is 0.450 e. The minimum atomic E-state index is -0.308. The van der Waals surface area contributed by atoms with Gasteiger partial charge >= 0.3 is 0 Å². The predicted molar refractivity (Wildman–Crippen MR) is 115 cm³/mol. The first-order valence-electron chi connectivity index (χ1n) is 10.0. The Kier molecular flexibility index (Phi) is 4.80. The predicted octanol–water partition coefficient (Wildman–Crippen LogP) is 3.45. The van der Waals surface area contributed by atoms with Gasteiger partial charge < -0.3 is 19.4 Å². The highest BCUT2D eigenvalue weighted by atomic mass is 16.5. The van der Waals surface area contributed by atoms with Gasteiger partial charge in [0.2, 0.25) is 5.82 Å². The third-order valence-electron chi connectivity index (χ3n) is 5.29. The number of ether oxygens (including phenoxy) is 1. The maximum atomic E-state index is 12.9. The number of hydrogen-bond donors (Lipinski definition) is 1. The van der Waals surface area contributed by atoms with Gasteiger partial charge in [-0.3, -0.25) is 4.79 Å². The Labute approximate surface area is 173 Å². The SMILES string of the molecule is Cc1ccc(CNC(=O)c2nc(N3CCOCC3)c3oc4ccccc4c3n2)cc1. The number of carbonyl (C=O) groups excluding carboxylic acids is 1. The molecule has 1 saturated heterocycles. The molecule has 1 N–H and O–H groups in total. The third-order valence-corrected chi connectivity index (χ3v) is 5.29. The Bertz CT molecular complexity index is 1210. The van der Waals surface area contributed by atoms with E-state index >= 15 is 0 Å².